The molecule has 33 heavy (non-hydrogen) atoms. The van der Waals surface area contributed by atoms with E-state index in [1.807, 2.05) is 0 Å². The minimum Gasteiger partial charge on any atom is -0.268 e. The molecule has 5 rings (SSSR count). The predicted octanol–water partition coefficient (Wildman–Crippen LogP) is 3.09. The van der Waals surface area contributed by atoms with Gasteiger partial charge < -0.3 is 0 Å². The van der Waals surface area contributed by atoms with Gasteiger partial charge in [0.05, 0.1) is 28.0 Å². The van der Waals surface area contributed by atoms with Gasteiger partial charge in [-0.1, -0.05) is 17.7 Å². The van der Waals surface area contributed by atoms with E-state index in [0.717, 1.165) is 6.26 Å². The zero-order valence-electron chi connectivity index (χ0n) is 17.1. The topological polar surface area (TPSA) is 113 Å². The molecule has 0 saturated heterocycles. The summed E-state index contributed by atoms with van der Waals surface area (Å²) in [5.74, 6) is 0.302. The molecule has 164 valence electrons. The Morgan fingerprint density at radius 2 is 1.67 bits per heavy atom. The summed E-state index contributed by atoms with van der Waals surface area (Å²) in [6.07, 6.45) is 7.03. The van der Waals surface area contributed by atoms with Crippen LogP contribution >= 0.6 is 11.6 Å². The van der Waals surface area contributed by atoms with Crippen LogP contribution < -0.4 is 5.56 Å². The van der Waals surface area contributed by atoms with Gasteiger partial charge >= 0.3 is 0 Å². The minimum absolute atomic E-state index is 0.134. The maximum absolute atomic E-state index is 13.6. The largest absolute Gasteiger partial charge is 0.269 e. The van der Waals surface area contributed by atoms with Crippen LogP contribution in [0.2, 0.25) is 5.02 Å². The van der Waals surface area contributed by atoms with Crippen LogP contribution in [0.15, 0.2) is 83.1 Å². The van der Waals surface area contributed by atoms with Crippen molar-refractivity contribution in [2.75, 3.05) is 6.26 Å². The fourth-order valence-corrected chi connectivity index (χ4v) is 4.23. The molecular weight excluding hydrogens is 464 g/mol. The van der Waals surface area contributed by atoms with E-state index in [1.54, 1.807) is 48.8 Å². The second-order valence-electron chi connectivity index (χ2n) is 7.24. The van der Waals surface area contributed by atoms with Crippen molar-refractivity contribution in [1.29, 1.82) is 0 Å². The van der Waals surface area contributed by atoms with E-state index in [9.17, 15) is 13.2 Å². The molecule has 3 heterocycles. The number of rotatable bonds is 4. The average Bonchev–Trinajstić information content (AvgIpc) is 3.24. The lowest BCUT2D eigenvalue weighted by molar-refractivity contribution is 0.601. The second-order valence-corrected chi connectivity index (χ2v) is 9.69. The number of hydrogen-bond donors (Lipinski definition) is 0. The standard InChI is InChI=1S/C22H15ClN6O3S/c1-33(31,32)18-4-2-3-17(9-18)29-21-19(12-26-29)22(30)28(16-7-5-15(23)6-8-16)20(27-21)14-10-24-13-25-11-14/h2-13H,1H3. The molecule has 0 aliphatic rings. The normalized spacial score (nSPS) is 11.7. The monoisotopic (exact) mass is 478 g/mol. The van der Waals surface area contributed by atoms with Crippen LogP contribution in [-0.4, -0.2) is 44.0 Å². The molecule has 9 nitrogen and oxygen atoms in total. The lowest BCUT2D eigenvalue weighted by Crippen LogP contribution is -2.22. The maximum atomic E-state index is 13.6. The Morgan fingerprint density at radius 3 is 2.36 bits per heavy atom. The van der Waals surface area contributed by atoms with Gasteiger partial charge in [0.25, 0.3) is 5.56 Å². The van der Waals surface area contributed by atoms with E-state index in [4.69, 9.17) is 16.6 Å². The first-order chi connectivity index (χ1) is 15.8. The van der Waals surface area contributed by atoms with Gasteiger partial charge in [0.15, 0.2) is 21.3 Å². The van der Waals surface area contributed by atoms with Gasteiger partial charge in [-0.3, -0.25) is 9.36 Å². The summed E-state index contributed by atoms with van der Waals surface area (Å²) in [5, 5.41) is 5.12. The number of halogens is 1. The van der Waals surface area contributed by atoms with E-state index in [0.29, 0.717) is 27.8 Å². The molecule has 0 N–H and O–H groups in total. The summed E-state index contributed by atoms with van der Waals surface area (Å²) in [7, 11) is -3.43. The molecule has 0 aliphatic heterocycles. The number of hydrogen-bond acceptors (Lipinski definition) is 7. The van der Waals surface area contributed by atoms with Crippen LogP contribution in [0.25, 0.3) is 33.8 Å². The molecule has 0 unspecified atom stereocenters. The highest BCUT2D eigenvalue weighted by Gasteiger charge is 2.19. The van der Waals surface area contributed by atoms with Crippen molar-refractivity contribution in [2.45, 2.75) is 4.90 Å². The number of aromatic nitrogens is 6. The molecule has 5 aromatic rings. The predicted molar refractivity (Wildman–Crippen MR) is 124 cm³/mol. The van der Waals surface area contributed by atoms with Gasteiger partial charge in [-0.15, -0.1) is 0 Å². The lowest BCUT2D eigenvalue weighted by atomic mass is 10.2. The first-order valence-electron chi connectivity index (χ1n) is 9.65. The van der Waals surface area contributed by atoms with Gasteiger partial charge in [0.1, 0.15) is 11.7 Å². The summed E-state index contributed by atoms with van der Waals surface area (Å²) in [6, 6.07) is 13.1. The summed E-state index contributed by atoms with van der Waals surface area (Å²) in [5.41, 5.74) is 1.45. The fraction of sp³-hybridized carbons (Fsp3) is 0.0455. The third kappa shape index (κ3) is 3.79. The van der Waals surface area contributed by atoms with E-state index in [2.05, 4.69) is 15.1 Å². The smallest absolute Gasteiger partial charge is 0.268 e. The number of fused-ring (bicyclic) bond motifs is 1. The molecule has 2 aromatic carbocycles. The SMILES string of the molecule is CS(=O)(=O)c1cccc(-n2ncc3c(=O)n(-c4ccc(Cl)cc4)c(-c4cncnc4)nc32)c1. The van der Waals surface area contributed by atoms with Crippen molar-refractivity contribution >= 4 is 32.5 Å². The Morgan fingerprint density at radius 1 is 0.939 bits per heavy atom. The molecule has 0 amide bonds. The van der Waals surface area contributed by atoms with Crippen molar-refractivity contribution in [3.05, 3.63) is 88.8 Å². The van der Waals surface area contributed by atoms with Crippen molar-refractivity contribution in [1.82, 2.24) is 29.3 Å². The summed E-state index contributed by atoms with van der Waals surface area (Å²) in [4.78, 5) is 26.5. The fourth-order valence-electron chi connectivity index (χ4n) is 3.44. The highest BCUT2D eigenvalue weighted by Crippen LogP contribution is 2.24. The van der Waals surface area contributed by atoms with Crippen molar-refractivity contribution in [3.63, 3.8) is 0 Å². The maximum Gasteiger partial charge on any atom is 0.269 e. The summed E-state index contributed by atoms with van der Waals surface area (Å²) >= 11 is 6.03. The van der Waals surface area contributed by atoms with Crippen LogP contribution in [0.3, 0.4) is 0 Å². The third-order valence-electron chi connectivity index (χ3n) is 4.99. The Kier molecular flexibility index (Phi) is 5.03. The Labute approximate surface area is 192 Å². The van der Waals surface area contributed by atoms with E-state index < -0.39 is 9.84 Å². The average molecular weight is 479 g/mol. The quantitative estimate of drug-likeness (QED) is 0.390. The molecule has 0 radical (unpaired) electrons. The van der Waals surface area contributed by atoms with Crippen LogP contribution in [0.5, 0.6) is 0 Å². The molecule has 0 aliphatic carbocycles. The summed E-state index contributed by atoms with van der Waals surface area (Å²) < 4.78 is 26.9. The van der Waals surface area contributed by atoms with Gasteiger partial charge in [-0.25, -0.2) is 28.1 Å². The minimum atomic E-state index is -3.43. The zero-order valence-corrected chi connectivity index (χ0v) is 18.7. The first-order valence-corrected chi connectivity index (χ1v) is 11.9. The Hall–Kier alpha value is -3.89. The van der Waals surface area contributed by atoms with Crippen LogP contribution in [0.1, 0.15) is 0 Å². The van der Waals surface area contributed by atoms with Gasteiger partial charge in [0, 0.05) is 23.7 Å². The van der Waals surface area contributed by atoms with E-state index in [1.165, 1.54) is 33.9 Å². The number of sulfone groups is 1. The molecule has 11 heteroatoms. The van der Waals surface area contributed by atoms with Crippen LogP contribution in [0, 0.1) is 0 Å². The molecule has 0 spiro atoms. The van der Waals surface area contributed by atoms with E-state index in [-0.39, 0.29) is 21.5 Å². The van der Waals surface area contributed by atoms with Crippen LogP contribution in [-0.2, 0) is 9.84 Å². The zero-order chi connectivity index (χ0) is 23.2. The van der Waals surface area contributed by atoms with Crippen LogP contribution in [0.4, 0.5) is 0 Å². The van der Waals surface area contributed by atoms with Gasteiger partial charge in [0.2, 0.25) is 0 Å². The Bertz CT molecular complexity index is 1660. The highest BCUT2D eigenvalue weighted by atomic mass is 35.5. The van der Waals surface area contributed by atoms with Gasteiger partial charge in [-0.2, -0.15) is 5.10 Å². The highest BCUT2D eigenvalue weighted by molar-refractivity contribution is 7.90. The second kappa shape index (κ2) is 7.91. The molecule has 0 bridgehead atoms. The molecule has 0 atom stereocenters. The third-order valence-corrected chi connectivity index (χ3v) is 6.36. The van der Waals surface area contributed by atoms with E-state index >= 15 is 0 Å². The van der Waals surface area contributed by atoms with Crippen molar-refractivity contribution in [2.24, 2.45) is 0 Å². The number of benzene rings is 2. The molecule has 0 fully saturated rings. The number of nitrogens with zero attached hydrogens (tertiary/aromatic N) is 6. The molecule has 0 saturated carbocycles. The Balaban J connectivity index is 1.82. The molecular formula is C22H15ClN6O3S. The van der Waals surface area contributed by atoms with Gasteiger partial charge in [-0.05, 0) is 42.5 Å². The molecule has 3 aromatic heterocycles. The summed E-state index contributed by atoms with van der Waals surface area (Å²) in [6.45, 7) is 0. The lowest BCUT2D eigenvalue weighted by Gasteiger charge is -2.13. The van der Waals surface area contributed by atoms with Crippen molar-refractivity contribution < 1.29 is 8.42 Å². The first kappa shape index (κ1) is 21.0. The van der Waals surface area contributed by atoms with Crippen molar-refractivity contribution in [3.8, 4) is 22.8 Å².